The molecule has 0 N–H and O–H groups in total. The van der Waals surface area contributed by atoms with Gasteiger partial charge < -0.3 is 4.74 Å². The number of para-hydroxylation sites is 1. The number of methoxy groups -OCH3 is 1. The van der Waals surface area contributed by atoms with Gasteiger partial charge in [0.05, 0.1) is 18.3 Å². The first-order valence-electron chi connectivity index (χ1n) is 10.5. The minimum atomic E-state index is 0.588. The van der Waals surface area contributed by atoms with E-state index in [1.54, 1.807) is 7.11 Å². The highest BCUT2D eigenvalue weighted by Crippen LogP contribution is 2.37. The Kier molecular flexibility index (Phi) is 4.66. The molecule has 1 unspecified atom stereocenters. The number of hydrogen-bond donors (Lipinski definition) is 0. The van der Waals surface area contributed by atoms with Crippen LogP contribution in [0.3, 0.4) is 0 Å². The van der Waals surface area contributed by atoms with Crippen LogP contribution in [-0.4, -0.2) is 16.7 Å². The summed E-state index contributed by atoms with van der Waals surface area (Å²) >= 11 is 0. The molecule has 0 saturated carbocycles. The Labute approximate surface area is 177 Å². The van der Waals surface area contributed by atoms with Crippen LogP contribution in [-0.2, 0) is 0 Å². The zero-order valence-electron chi connectivity index (χ0n) is 17.6. The highest BCUT2D eigenvalue weighted by molar-refractivity contribution is 6.09. The molecule has 150 valence electrons. The van der Waals surface area contributed by atoms with Gasteiger partial charge >= 0.3 is 0 Å². The quantitative estimate of drug-likeness (QED) is 0.346. The Bertz CT molecular complexity index is 1280. The smallest absolute Gasteiger partial charge is 0.146 e. The maximum Gasteiger partial charge on any atom is 0.146 e. The molecule has 0 aliphatic heterocycles. The lowest BCUT2D eigenvalue weighted by Gasteiger charge is -2.23. The van der Waals surface area contributed by atoms with Crippen LogP contribution in [0.4, 0.5) is 0 Å². The van der Waals surface area contributed by atoms with E-state index >= 15 is 0 Å². The van der Waals surface area contributed by atoms with Crippen molar-refractivity contribution in [3.8, 4) is 17.0 Å². The Morgan fingerprint density at radius 1 is 1.03 bits per heavy atom. The summed E-state index contributed by atoms with van der Waals surface area (Å²) in [5.41, 5.74) is 6.96. The predicted molar refractivity (Wildman–Crippen MR) is 126 cm³/mol. The van der Waals surface area contributed by atoms with Gasteiger partial charge in [-0.1, -0.05) is 36.4 Å². The molecular weight excluding hydrogens is 368 g/mol. The molecule has 5 rings (SSSR count). The van der Waals surface area contributed by atoms with Gasteiger partial charge in [0.2, 0.25) is 0 Å². The maximum atomic E-state index is 5.30. The van der Waals surface area contributed by atoms with E-state index < -0.39 is 0 Å². The second-order valence-corrected chi connectivity index (χ2v) is 8.16. The number of fused-ring (bicyclic) bond motifs is 3. The number of benzene rings is 2. The SMILES string of the molecule is C=C(C)C1CC=C(n2c3ccccc3c3ccc(-c4ccc(OC)cc4)nc32)CC1. The van der Waals surface area contributed by atoms with Gasteiger partial charge in [0.15, 0.2) is 0 Å². The molecule has 1 atom stereocenters. The van der Waals surface area contributed by atoms with Gasteiger partial charge in [-0.05, 0) is 74.6 Å². The fourth-order valence-electron chi connectivity index (χ4n) is 4.52. The average molecular weight is 395 g/mol. The van der Waals surface area contributed by atoms with Crippen LogP contribution in [0, 0.1) is 5.92 Å². The van der Waals surface area contributed by atoms with Crippen LogP contribution in [0.25, 0.3) is 38.9 Å². The van der Waals surface area contributed by atoms with Gasteiger partial charge in [0.25, 0.3) is 0 Å². The van der Waals surface area contributed by atoms with Crippen LogP contribution >= 0.6 is 0 Å². The third kappa shape index (κ3) is 3.11. The van der Waals surface area contributed by atoms with Crippen LogP contribution in [0.1, 0.15) is 26.2 Å². The highest BCUT2D eigenvalue weighted by Gasteiger charge is 2.20. The lowest BCUT2D eigenvalue weighted by molar-refractivity contribution is 0.415. The Hall–Kier alpha value is -3.33. The van der Waals surface area contributed by atoms with Gasteiger partial charge in [-0.3, -0.25) is 4.57 Å². The van der Waals surface area contributed by atoms with E-state index in [4.69, 9.17) is 9.72 Å². The van der Waals surface area contributed by atoms with Crippen molar-refractivity contribution in [2.75, 3.05) is 7.11 Å². The molecule has 1 aliphatic rings. The van der Waals surface area contributed by atoms with E-state index in [-0.39, 0.29) is 0 Å². The Balaban J connectivity index is 1.68. The molecule has 2 aromatic heterocycles. The van der Waals surface area contributed by atoms with Gasteiger partial charge in [0.1, 0.15) is 11.4 Å². The number of allylic oxidation sites excluding steroid dienone is 3. The van der Waals surface area contributed by atoms with Gasteiger partial charge in [-0.15, -0.1) is 0 Å². The van der Waals surface area contributed by atoms with E-state index in [1.165, 1.54) is 27.6 Å². The number of ether oxygens (including phenoxy) is 1. The van der Waals surface area contributed by atoms with E-state index in [2.05, 4.69) is 72.7 Å². The van der Waals surface area contributed by atoms with Crippen molar-refractivity contribution in [1.29, 1.82) is 0 Å². The second-order valence-electron chi connectivity index (χ2n) is 8.16. The normalized spacial score (nSPS) is 16.6. The third-order valence-electron chi connectivity index (χ3n) is 6.28. The summed E-state index contributed by atoms with van der Waals surface area (Å²) in [6.45, 7) is 6.31. The van der Waals surface area contributed by atoms with Gasteiger partial charge in [0, 0.05) is 22.0 Å². The molecule has 3 heteroatoms. The van der Waals surface area contributed by atoms with Crippen LogP contribution in [0.15, 0.2) is 78.9 Å². The summed E-state index contributed by atoms with van der Waals surface area (Å²) in [6, 6.07) is 21.1. The molecule has 2 aromatic carbocycles. The standard InChI is InChI=1S/C27H26N2O/c1-18(2)19-8-12-21(13-9-19)29-26-7-5-4-6-23(26)24-16-17-25(28-27(24)29)20-10-14-22(30-3)15-11-20/h4-7,10-12,14-17,19H,1,8-9,13H2,2-3H3. The minimum absolute atomic E-state index is 0.588. The minimum Gasteiger partial charge on any atom is -0.497 e. The summed E-state index contributed by atoms with van der Waals surface area (Å²) in [5.74, 6) is 1.44. The van der Waals surface area contributed by atoms with Crippen molar-refractivity contribution < 1.29 is 4.74 Å². The zero-order valence-corrected chi connectivity index (χ0v) is 17.6. The first-order valence-corrected chi connectivity index (χ1v) is 10.5. The van der Waals surface area contributed by atoms with Crippen molar-refractivity contribution in [3.63, 3.8) is 0 Å². The first-order chi connectivity index (χ1) is 14.7. The van der Waals surface area contributed by atoms with E-state index in [9.17, 15) is 0 Å². The molecule has 0 amide bonds. The summed E-state index contributed by atoms with van der Waals surface area (Å²) in [7, 11) is 1.69. The number of hydrogen-bond acceptors (Lipinski definition) is 2. The number of pyridine rings is 1. The lowest BCUT2D eigenvalue weighted by atomic mass is 9.87. The Morgan fingerprint density at radius 2 is 1.83 bits per heavy atom. The van der Waals surface area contributed by atoms with Crippen molar-refractivity contribution in [2.45, 2.75) is 26.2 Å². The molecule has 0 bridgehead atoms. The van der Waals surface area contributed by atoms with Crippen LogP contribution in [0.5, 0.6) is 5.75 Å². The number of nitrogens with zero attached hydrogens (tertiary/aromatic N) is 2. The average Bonchev–Trinajstić information content (AvgIpc) is 3.13. The molecule has 1 aliphatic carbocycles. The summed E-state index contributed by atoms with van der Waals surface area (Å²) in [6.07, 6.45) is 5.63. The van der Waals surface area contributed by atoms with Gasteiger partial charge in [-0.25, -0.2) is 4.98 Å². The summed E-state index contributed by atoms with van der Waals surface area (Å²) in [4.78, 5) is 5.13. The molecular formula is C27H26N2O. The second kappa shape index (κ2) is 7.49. The predicted octanol–water partition coefficient (Wildman–Crippen LogP) is 7.08. The molecule has 0 spiro atoms. The fourth-order valence-corrected chi connectivity index (χ4v) is 4.52. The van der Waals surface area contributed by atoms with Gasteiger partial charge in [-0.2, -0.15) is 0 Å². The topological polar surface area (TPSA) is 27.1 Å². The molecule has 0 radical (unpaired) electrons. The first kappa shape index (κ1) is 18.7. The van der Waals surface area contributed by atoms with Crippen molar-refractivity contribution in [1.82, 2.24) is 9.55 Å². The van der Waals surface area contributed by atoms with E-state index in [0.29, 0.717) is 5.92 Å². The van der Waals surface area contributed by atoms with Crippen LogP contribution < -0.4 is 4.74 Å². The lowest BCUT2D eigenvalue weighted by Crippen LogP contribution is -2.09. The molecule has 2 heterocycles. The molecule has 0 fully saturated rings. The maximum absolute atomic E-state index is 5.30. The highest BCUT2D eigenvalue weighted by atomic mass is 16.5. The Morgan fingerprint density at radius 3 is 2.53 bits per heavy atom. The summed E-state index contributed by atoms with van der Waals surface area (Å²) < 4.78 is 7.67. The van der Waals surface area contributed by atoms with E-state index in [0.717, 1.165) is 41.9 Å². The van der Waals surface area contributed by atoms with Crippen molar-refractivity contribution in [2.24, 2.45) is 5.92 Å². The molecule has 4 aromatic rings. The van der Waals surface area contributed by atoms with Crippen LogP contribution in [0.2, 0.25) is 0 Å². The van der Waals surface area contributed by atoms with E-state index in [1.807, 2.05) is 12.1 Å². The number of aromatic nitrogens is 2. The van der Waals surface area contributed by atoms with Crippen molar-refractivity contribution >= 4 is 27.6 Å². The monoisotopic (exact) mass is 394 g/mol. The molecule has 3 nitrogen and oxygen atoms in total. The largest absolute Gasteiger partial charge is 0.497 e. The zero-order chi connectivity index (χ0) is 20.7. The fraction of sp³-hybridized carbons (Fsp3) is 0.222. The van der Waals surface area contributed by atoms with Crippen molar-refractivity contribution in [3.05, 3.63) is 78.9 Å². The molecule has 30 heavy (non-hydrogen) atoms. The number of rotatable bonds is 4. The third-order valence-corrected chi connectivity index (χ3v) is 6.28. The molecule has 0 saturated heterocycles. The summed E-state index contributed by atoms with van der Waals surface area (Å²) in [5, 5.41) is 2.45.